The lowest BCUT2D eigenvalue weighted by atomic mass is 9.82. The molecule has 1 atom stereocenters. The molecule has 3 amide bonds. The Morgan fingerprint density at radius 3 is 2.57 bits per heavy atom. The summed E-state index contributed by atoms with van der Waals surface area (Å²) in [6.45, 7) is 3.79. The van der Waals surface area contributed by atoms with Crippen molar-refractivity contribution in [1.82, 2.24) is 10.2 Å². The van der Waals surface area contributed by atoms with Crippen LogP contribution in [0.1, 0.15) is 18.9 Å². The van der Waals surface area contributed by atoms with Crippen molar-refractivity contribution in [3.8, 4) is 0 Å². The van der Waals surface area contributed by atoms with Crippen LogP contribution in [0.25, 0.3) is 0 Å². The van der Waals surface area contributed by atoms with Gasteiger partial charge in [0.2, 0.25) is 0 Å². The number of carbonyl (C=O) groups excluding carboxylic acids is 2. The minimum absolute atomic E-state index is 0.0470. The highest BCUT2D eigenvalue weighted by Crippen LogP contribution is 2.33. The van der Waals surface area contributed by atoms with Crippen molar-refractivity contribution >= 4 is 11.9 Å². The van der Waals surface area contributed by atoms with Crippen molar-refractivity contribution in [2.75, 3.05) is 19.8 Å². The number of hydrogen-bond donors (Lipinski definition) is 1. The second-order valence-electron chi connectivity index (χ2n) is 5.96. The van der Waals surface area contributed by atoms with Crippen molar-refractivity contribution in [2.45, 2.75) is 25.8 Å². The molecule has 2 aliphatic heterocycles. The third kappa shape index (κ3) is 2.65. The van der Waals surface area contributed by atoms with Crippen molar-refractivity contribution in [3.05, 3.63) is 35.9 Å². The van der Waals surface area contributed by atoms with E-state index in [2.05, 4.69) is 12.2 Å². The number of amides is 3. The molecule has 2 fully saturated rings. The Morgan fingerprint density at radius 2 is 2.00 bits per heavy atom. The molecule has 2 saturated heterocycles. The van der Waals surface area contributed by atoms with Crippen LogP contribution in [0, 0.1) is 5.41 Å². The summed E-state index contributed by atoms with van der Waals surface area (Å²) in [6, 6.07) is 9.02. The summed E-state index contributed by atoms with van der Waals surface area (Å²) < 4.78 is 5.26. The molecule has 5 heteroatoms. The Labute approximate surface area is 124 Å². The van der Waals surface area contributed by atoms with E-state index in [9.17, 15) is 9.59 Å². The zero-order chi connectivity index (χ0) is 14.9. The fourth-order valence-electron chi connectivity index (χ4n) is 2.85. The van der Waals surface area contributed by atoms with E-state index in [1.165, 1.54) is 4.90 Å². The van der Waals surface area contributed by atoms with Crippen LogP contribution >= 0.6 is 0 Å². The van der Waals surface area contributed by atoms with Crippen LogP contribution in [0.4, 0.5) is 4.79 Å². The van der Waals surface area contributed by atoms with Crippen molar-refractivity contribution in [2.24, 2.45) is 5.41 Å². The van der Waals surface area contributed by atoms with Crippen molar-refractivity contribution < 1.29 is 14.3 Å². The van der Waals surface area contributed by atoms with Crippen LogP contribution in [-0.2, 0) is 16.0 Å². The van der Waals surface area contributed by atoms with E-state index < -0.39 is 6.04 Å². The van der Waals surface area contributed by atoms with Gasteiger partial charge in [-0.05, 0) is 12.0 Å². The number of carbonyl (C=O) groups is 2. The van der Waals surface area contributed by atoms with E-state index in [-0.39, 0.29) is 17.4 Å². The van der Waals surface area contributed by atoms with Gasteiger partial charge in [-0.15, -0.1) is 0 Å². The standard InChI is InChI=1S/C16H20N2O3/c1-2-16(10-21-11-16)9-18-14(19)13(17-15(18)20)8-12-6-4-3-5-7-12/h3-7,13H,2,8-11H2,1H3,(H,17,20). The van der Waals surface area contributed by atoms with E-state index in [4.69, 9.17) is 4.74 Å². The fourth-order valence-corrected chi connectivity index (χ4v) is 2.85. The number of ether oxygens (including phenoxy) is 1. The molecule has 2 heterocycles. The summed E-state index contributed by atoms with van der Waals surface area (Å²) in [5.74, 6) is -0.122. The summed E-state index contributed by atoms with van der Waals surface area (Å²) in [5.41, 5.74) is 1.00. The minimum atomic E-state index is -0.449. The maximum atomic E-state index is 12.5. The van der Waals surface area contributed by atoms with Gasteiger partial charge in [0.1, 0.15) is 6.04 Å². The van der Waals surface area contributed by atoms with E-state index in [1.54, 1.807) is 0 Å². The number of nitrogens with one attached hydrogen (secondary N) is 1. The molecule has 0 spiro atoms. The van der Waals surface area contributed by atoms with Crippen LogP contribution in [0.15, 0.2) is 30.3 Å². The Balaban J connectivity index is 1.67. The Kier molecular flexibility index (Phi) is 3.68. The van der Waals surface area contributed by atoms with Gasteiger partial charge >= 0.3 is 6.03 Å². The molecule has 112 valence electrons. The lowest BCUT2D eigenvalue weighted by Gasteiger charge is -2.42. The molecule has 0 radical (unpaired) electrons. The summed E-state index contributed by atoms with van der Waals surface area (Å²) in [7, 11) is 0. The number of urea groups is 1. The average Bonchev–Trinajstić information content (AvgIpc) is 2.71. The van der Waals surface area contributed by atoms with Gasteiger partial charge in [0.25, 0.3) is 5.91 Å². The van der Waals surface area contributed by atoms with Crippen molar-refractivity contribution in [3.63, 3.8) is 0 Å². The summed E-state index contributed by atoms with van der Waals surface area (Å²) in [4.78, 5) is 25.9. The smallest absolute Gasteiger partial charge is 0.324 e. The van der Waals surface area contributed by atoms with Gasteiger partial charge in [-0.2, -0.15) is 0 Å². The molecule has 0 aromatic heterocycles. The Bertz CT molecular complexity index is 534. The molecule has 1 unspecified atom stereocenters. The highest BCUT2D eigenvalue weighted by molar-refractivity contribution is 6.04. The predicted molar refractivity (Wildman–Crippen MR) is 77.7 cm³/mol. The molecule has 0 aliphatic carbocycles. The second-order valence-corrected chi connectivity index (χ2v) is 5.96. The second kappa shape index (κ2) is 5.48. The van der Waals surface area contributed by atoms with Gasteiger partial charge in [0.05, 0.1) is 13.2 Å². The maximum absolute atomic E-state index is 12.5. The Morgan fingerprint density at radius 1 is 1.29 bits per heavy atom. The summed E-state index contributed by atoms with van der Waals surface area (Å²) in [5, 5.41) is 2.79. The van der Waals surface area contributed by atoms with E-state index in [0.29, 0.717) is 26.2 Å². The molecule has 0 saturated carbocycles. The average molecular weight is 288 g/mol. The van der Waals surface area contributed by atoms with Crippen LogP contribution in [0.3, 0.4) is 0 Å². The molecule has 0 bridgehead atoms. The van der Waals surface area contributed by atoms with Crippen LogP contribution in [-0.4, -0.2) is 42.6 Å². The first-order valence-corrected chi connectivity index (χ1v) is 7.37. The number of hydrogen-bond acceptors (Lipinski definition) is 3. The maximum Gasteiger partial charge on any atom is 0.324 e. The topological polar surface area (TPSA) is 58.6 Å². The lowest BCUT2D eigenvalue weighted by molar-refractivity contribution is -0.141. The van der Waals surface area contributed by atoms with E-state index in [1.807, 2.05) is 30.3 Å². The van der Waals surface area contributed by atoms with Gasteiger partial charge in [0, 0.05) is 18.4 Å². The summed E-state index contributed by atoms with van der Waals surface area (Å²) in [6.07, 6.45) is 1.45. The first-order chi connectivity index (χ1) is 10.1. The van der Waals surface area contributed by atoms with Crippen LogP contribution in [0.2, 0.25) is 0 Å². The molecular formula is C16H20N2O3. The molecule has 1 aromatic rings. The fraction of sp³-hybridized carbons (Fsp3) is 0.500. The van der Waals surface area contributed by atoms with E-state index >= 15 is 0 Å². The quantitative estimate of drug-likeness (QED) is 0.837. The molecule has 21 heavy (non-hydrogen) atoms. The highest BCUT2D eigenvalue weighted by Gasteiger charge is 2.45. The molecule has 5 nitrogen and oxygen atoms in total. The molecule has 1 N–H and O–H groups in total. The van der Waals surface area contributed by atoms with Gasteiger partial charge in [-0.3, -0.25) is 9.69 Å². The molecule has 1 aromatic carbocycles. The van der Waals surface area contributed by atoms with Gasteiger partial charge in [-0.1, -0.05) is 37.3 Å². The molecule has 3 rings (SSSR count). The molecule has 2 aliphatic rings. The first kappa shape index (κ1) is 14.1. The third-order valence-electron chi connectivity index (χ3n) is 4.45. The number of nitrogens with zero attached hydrogens (tertiary/aromatic N) is 1. The SMILES string of the molecule is CCC1(CN2C(=O)NC(Cc3ccccc3)C2=O)COC1. The van der Waals surface area contributed by atoms with Crippen LogP contribution < -0.4 is 5.32 Å². The Hall–Kier alpha value is -1.88. The summed E-state index contributed by atoms with van der Waals surface area (Å²) >= 11 is 0. The minimum Gasteiger partial charge on any atom is -0.380 e. The zero-order valence-electron chi connectivity index (χ0n) is 12.2. The first-order valence-electron chi connectivity index (χ1n) is 7.37. The zero-order valence-corrected chi connectivity index (χ0v) is 12.2. The normalized spacial score (nSPS) is 23.9. The number of rotatable bonds is 5. The largest absolute Gasteiger partial charge is 0.380 e. The van der Waals surface area contributed by atoms with E-state index in [0.717, 1.165) is 12.0 Å². The predicted octanol–water partition coefficient (Wildman–Crippen LogP) is 1.58. The van der Waals surface area contributed by atoms with Crippen molar-refractivity contribution in [1.29, 1.82) is 0 Å². The monoisotopic (exact) mass is 288 g/mol. The van der Waals surface area contributed by atoms with Gasteiger partial charge in [0.15, 0.2) is 0 Å². The van der Waals surface area contributed by atoms with Gasteiger partial charge < -0.3 is 10.1 Å². The molecular weight excluding hydrogens is 268 g/mol. The highest BCUT2D eigenvalue weighted by atomic mass is 16.5. The van der Waals surface area contributed by atoms with Crippen LogP contribution in [0.5, 0.6) is 0 Å². The van der Waals surface area contributed by atoms with Gasteiger partial charge in [-0.25, -0.2) is 4.79 Å². The number of imide groups is 1. The third-order valence-corrected chi connectivity index (χ3v) is 4.45. The lowest BCUT2D eigenvalue weighted by Crippen LogP contribution is -2.52. The number of benzene rings is 1.